The van der Waals surface area contributed by atoms with Crippen molar-refractivity contribution in [3.63, 3.8) is 0 Å². The zero-order valence-corrected chi connectivity index (χ0v) is 24.2. The number of fused-ring (bicyclic) bond motifs is 2. The predicted octanol–water partition coefficient (Wildman–Crippen LogP) is 3.19. The highest BCUT2D eigenvalue weighted by Crippen LogP contribution is 2.41. The van der Waals surface area contributed by atoms with Gasteiger partial charge in [0.1, 0.15) is 0 Å². The van der Waals surface area contributed by atoms with E-state index in [0.29, 0.717) is 18.7 Å². The molecule has 4 aliphatic heterocycles. The van der Waals surface area contributed by atoms with Gasteiger partial charge in [-0.15, -0.1) is 0 Å². The number of amides is 2. The van der Waals surface area contributed by atoms with Crippen molar-refractivity contribution in [1.82, 2.24) is 20.0 Å². The Morgan fingerprint density at radius 2 is 1.85 bits per heavy atom. The molecule has 10 nitrogen and oxygen atoms in total. The van der Waals surface area contributed by atoms with E-state index in [1.165, 1.54) is 5.69 Å². The molecule has 6 rings (SSSR count). The predicted molar refractivity (Wildman–Crippen MR) is 152 cm³/mol. The van der Waals surface area contributed by atoms with Crippen molar-refractivity contribution < 1.29 is 18.8 Å². The fourth-order valence-electron chi connectivity index (χ4n) is 6.34. The van der Waals surface area contributed by atoms with Crippen LogP contribution < -0.4 is 15.7 Å². The molecule has 2 amide bonds. The summed E-state index contributed by atoms with van der Waals surface area (Å²) in [6.45, 7) is 11.5. The third-order valence-corrected chi connectivity index (χ3v) is 9.36. The minimum Gasteiger partial charge on any atom is -0.399 e. The van der Waals surface area contributed by atoms with Crippen LogP contribution in [0.3, 0.4) is 0 Å². The number of carbonyl (C=O) groups is 1. The molecule has 0 bridgehead atoms. The van der Waals surface area contributed by atoms with E-state index in [4.69, 9.17) is 19.1 Å². The third kappa shape index (κ3) is 4.46. The van der Waals surface area contributed by atoms with Crippen LogP contribution in [-0.2, 0) is 33.4 Å². The second-order valence-electron chi connectivity index (χ2n) is 12.3. The van der Waals surface area contributed by atoms with E-state index in [0.717, 1.165) is 80.0 Å². The molecule has 40 heavy (non-hydrogen) atoms. The molecule has 4 aliphatic rings. The lowest BCUT2D eigenvalue weighted by Crippen LogP contribution is -2.42. The number of aromatic nitrogens is 2. The summed E-state index contributed by atoms with van der Waals surface area (Å²) in [5.41, 5.74) is 4.82. The summed E-state index contributed by atoms with van der Waals surface area (Å²) in [6, 6.07) is 6.70. The maximum Gasteiger partial charge on any atom is 0.496 e. The molecule has 2 saturated heterocycles. The number of rotatable bonds is 3. The number of anilines is 2. The number of ether oxygens (including phenoxy) is 1. The first-order chi connectivity index (χ1) is 19.1. The van der Waals surface area contributed by atoms with E-state index in [1.54, 1.807) is 7.05 Å². The summed E-state index contributed by atoms with van der Waals surface area (Å²) in [7, 11) is 1.08. The molecular formula is C29H39BN6O4. The number of urea groups is 1. The average molecular weight is 546 g/mol. The van der Waals surface area contributed by atoms with Gasteiger partial charge in [0.05, 0.1) is 35.4 Å². The fraction of sp³-hybridized carbons (Fsp3) is 0.621. The molecule has 2 fully saturated rings. The Morgan fingerprint density at radius 1 is 1.12 bits per heavy atom. The molecule has 2 aromatic rings. The van der Waals surface area contributed by atoms with Gasteiger partial charge < -0.3 is 29.2 Å². The summed E-state index contributed by atoms with van der Waals surface area (Å²) in [5.74, 6) is 0.892. The van der Waals surface area contributed by atoms with Crippen LogP contribution >= 0.6 is 0 Å². The molecule has 212 valence electrons. The Hall–Kier alpha value is -3.07. The van der Waals surface area contributed by atoms with E-state index >= 15 is 0 Å². The fourth-order valence-corrected chi connectivity index (χ4v) is 6.34. The molecule has 0 saturated carbocycles. The van der Waals surface area contributed by atoms with Gasteiger partial charge in [-0.1, -0.05) is 6.07 Å². The Kier molecular flexibility index (Phi) is 6.84. The molecule has 0 aliphatic carbocycles. The minimum absolute atomic E-state index is 0.0757. The van der Waals surface area contributed by atoms with E-state index in [9.17, 15) is 10.1 Å². The number of hydrogen-bond donors (Lipinski definition) is 1. The van der Waals surface area contributed by atoms with E-state index in [2.05, 4.69) is 27.0 Å². The zero-order valence-electron chi connectivity index (χ0n) is 24.2. The van der Waals surface area contributed by atoms with Crippen molar-refractivity contribution in [2.45, 2.75) is 83.6 Å². The maximum absolute atomic E-state index is 12.6. The van der Waals surface area contributed by atoms with Crippen LogP contribution in [0.2, 0.25) is 0 Å². The number of aryl methyl sites for hydroxylation is 1. The molecule has 11 heteroatoms. The van der Waals surface area contributed by atoms with Crippen molar-refractivity contribution >= 4 is 30.1 Å². The molecule has 0 unspecified atom stereocenters. The highest BCUT2D eigenvalue weighted by Gasteiger charge is 2.52. The van der Waals surface area contributed by atoms with Crippen molar-refractivity contribution in [2.24, 2.45) is 0 Å². The van der Waals surface area contributed by atoms with Crippen LogP contribution in [0.5, 0.6) is 0 Å². The molecule has 1 N–H and O–H groups in total. The first-order valence-corrected chi connectivity index (χ1v) is 14.5. The van der Waals surface area contributed by atoms with E-state index < -0.39 is 18.3 Å². The molecule has 0 spiro atoms. The highest BCUT2D eigenvalue weighted by atomic mass is 16.7. The molecule has 0 atom stereocenters. The quantitative estimate of drug-likeness (QED) is 0.590. The summed E-state index contributed by atoms with van der Waals surface area (Å²) >= 11 is 0. The van der Waals surface area contributed by atoms with Gasteiger partial charge in [-0.3, -0.25) is 4.68 Å². The van der Waals surface area contributed by atoms with Crippen molar-refractivity contribution in [2.75, 3.05) is 38.3 Å². The van der Waals surface area contributed by atoms with Crippen molar-refractivity contribution in [3.8, 4) is 6.07 Å². The monoisotopic (exact) mass is 546 g/mol. The zero-order chi connectivity index (χ0) is 28.2. The van der Waals surface area contributed by atoms with Crippen LogP contribution in [0.25, 0.3) is 0 Å². The second-order valence-corrected chi connectivity index (χ2v) is 12.3. The molecule has 1 aromatic carbocycles. The number of nitriles is 1. The van der Waals surface area contributed by atoms with E-state index in [-0.39, 0.29) is 12.1 Å². The molecular weight excluding hydrogens is 507 g/mol. The average Bonchev–Trinajstić information content (AvgIpc) is 3.44. The SMILES string of the molecule is CNC(=O)N1CCc2c(c(N3CCCc4cc(B5OC(C)(C)C(C)(C)O5)c(C#N)cc43)nn2C2CCOCC2)C1. The van der Waals surface area contributed by atoms with Gasteiger partial charge in [0, 0.05) is 62.2 Å². The largest absolute Gasteiger partial charge is 0.496 e. The standard InChI is InChI=1S/C29H39BN6O4/c1-28(2)29(3,4)40-30(39-28)23-15-19-7-6-11-35(25(19)16-20(23)17-31)26-22-18-34(27(37)32-5)12-8-24(22)36(33-26)21-9-13-38-14-10-21/h15-16,21H,6-14,18H2,1-5H3,(H,32,37). The minimum atomic E-state index is -0.595. The summed E-state index contributed by atoms with van der Waals surface area (Å²) in [6.07, 6.45) is 4.48. The lowest BCUT2D eigenvalue weighted by molar-refractivity contribution is 0.00578. The third-order valence-electron chi connectivity index (χ3n) is 9.36. The number of nitrogens with zero attached hydrogens (tertiary/aromatic N) is 5. The van der Waals surface area contributed by atoms with Crippen molar-refractivity contribution in [3.05, 3.63) is 34.5 Å². The van der Waals surface area contributed by atoms with Gasteiger partial charge in [-0.2, -0.15) is 10.4 Å². The van der Waals surface area contributed by atoms with Crippen LogP contribution in [0.1, 0.15) is 75.4 Å². The van der Waals surface area contributed by atoms with E-state index in [1.807, 2.05) is 38.7 Å². The Balaban J connectivity index is 1.42. The van der Waals surface area contributed by atoms with Gasteiger partial charge in [-0.05, 0) is 65.0 Å². The Bertz CT molecular complexity index is 1340. The summed E-state index contributed by atoms with van der Waals surface area (Å²) in [5, 5.41) is 18.3. The number of benzene rings is 1. The first kappa shape index (κ1) is 27.1. The van der Waals surface area contributed by atoms with Gasteiger partial charge in [0.15, 0.2) is 5.82 Å². The Labute approximate surface area is 236 Å². The number of carbonyl (C=O) groups excluding carboxylic acids is 1. The lowest BCUT2D eigenvalue weighted by atomic mass is 9.74. The van der Waals surface area contributed by atoms with Gasteiger partial charge in [0.2, 0.25) is 0 Å². The van der Waals surface area contributed by atoms with Crippen molar-refractivity contribution in [1.29, 1.82) is 5.26 Å². The molecule has 0 radical (unpaired) electrons. The second kappa shape index (κ2) is 10.1. The highest BCUT2D eigenvalue weighted by molar-refractivity contribution is 6.63. The lowest BCUT2D eigenvalue weighted by Gasteiger charge is -2.33. The summed E-state index contributed by atoms with van der Waals surface area (Å²) in [4.78, 5) is 16.7. The number of nitrogens with one attached hydrogen (secondary N) is 1. The van der Waals surface area contributed by atoms with Crippen LogP contribution in [0, 0.1) is 11.3 Å². The smallest absolute Gasteiger partial charge is 0.399 e. The molecule has 5 heterocycles. The topological polar surface area (TPSA) is 105 Å². The normalized spacial score (nSPS) is 22.1. The van der Waals surface area contributed by atoms with Gasteiger partial charge in [-0.25, -0.2) is 4.79 Å². The first-order valence-electron chi connectivity index (χ1n) is 14.5. The summed E-state index contributed by atoms with van der Waals surface area (Å²) < 4.78 is 20.5. The maximum atomic E-state index is 12.6. The van der Waals surface area contributed by atoms with Crippen LogP contribution in [0.15, 0.2) is 12.1 Å². The Morgan fingerprint density at radius 3 is 2.52 bits per heavy atom. The van der Waals surface area contributed by atoms with Gasteiger partial charge >= 0.3 is 13.1 Å². The van der Waals surface area contributed by atoms with Crippen LogP contribution in [0.4, 0.5) is 16.3 Å². The van der Waals surface area contributed by atoms with Gasteiger partial charge in [0.25, 0.3) is 0 Å². The number of hydrogen-bond acceptors (Lipinski definition) is 7. The van der Waals surface area contributed by atoms with Crippen LogP contribution in [-0.4, -0.2) is 72.4 Å². The molecule has 1 aromatic heterocycles.